The highest BCUT2D eigenvalue weighted by molar-refractivity contribution is 9.10. The molecule has 0 saturated carbocycles. The van der Waals surface area contributed by atoms with E-state index in [9.17, 15) is 14.8 Å². The van der Waals surface area contributed by atoms with Crippen LogP contribution < -0.4 is 5.32 Å². The largest absolute Gasteiger partial charge is 0.457 e. The number of nitrogens with zero attached hydrogens (tertiary/aromatic N) is 1. The maximum Gasteiger partial charge on any atom is 0.333 e. The first-order valence-corrected chi connectivity index (χ1v) is 9.92. The van der Waals surface area contributed by atoms with Gasteiger partial charge >= 0.3 is 5.97 Å². The van der Waals surface area contributed by atoms with Crippen molar-refractivity contribution in [2.24, 2.45) is 5.16 Å². The van der Waals surface area contributed by atoms with Gasteiger partial charge in [0, 0.05) is 15.6 Å². The molecule has 0 spiro atoms. The van der Waals surface area contributed by atoms with Gasteiger partial charge in [-0.3, -0.25) is 4.79 Å². The second-order valence-electron chi connectivity index (χ2n) is 6.34. The van der Waals surface area contributed by atoms with Gasteiger partial charge in [0.1, 0.15) is 12.3 Å². The van der Waals surface area contributed by atoms with Gasteiger partial charge in [-0.05, 0) is 29.8 Å². The first-order valence-electron chi connectivity index (χ1n) is 9.13. The summed E-state index contributed by atoms with van der Waals surface area (Å²) in [6.45, 7) is -0.249. The molecule has 1 amide bonds. The Morgan fingerprint density at radius 3 is 2.10 bits per heavy atom. The zero-order valence-corrected chi connectivity index (χ0v) is 17.5. The maximum absolute atomic E-state index is 12.8. The SMILES string of the molecule is O=C(NC(C(=O)OC/C(=N/O)c1ccc(Br)cc1)c1ccccc1)c1ccccc1. The second kappa shape index (κ2) is 10.4. The van der Waals surface area contributed by atoms with Gasteiger partial charge in [-0.25, -0.2) is 4.79 Å². The minimum absolute atomic E-state index is 0.192. The van der Waals surface area contributed by atoms with Crippen molar-refractivity contribution >= 4 is 33.5 Å². The van der Waals surface area contributed by atoms with Crippen LogP contribution in [0.5, 0.6) is 0 Å². The molecule has 0 aliphatic carbocycles. The first-order chi connectivity index (χ1) is 14.6. The predicted molar refractivity (Wildman–Crippen MR) is 117 cm³/mol. The van der Waals surface area contributed by atoms with E-state index < -0.39 is 17.9 Å². The molecule has 0 heterocycles. The summed E-state index contributed by atoms with van der Waals surface area (Å²) in [6, 6.07) is 23.5. The third-order valence-electron chi connectivity index (χ3n) is 4.33. The summed E-state index contributed by atoms with van der Waals surface area (Å²) in [5.74, 6) is -1.06. The summed E-state index contributed by atoms with van der Waals surface area (Å²) in [6.07, 6.45) is 0. The van der Waals surface area contributed by atoms with E-state index in [4.69, 9.17) is 4.74 Å². The van der Waals surface area contributed by atoms with Gasteiger partial charge in [0.05, 0.1) is 0 Å². The number of oxime groups is 1. The zero-order valence-electron chi connectivity index (χ0n) is 15.9. The van der Waals surface area contributed by atoms with Crippen LogP contribution in [-0.2, 0) is 9.53 Å². The molecule has 3 aromatic rings. The van der Waals surface area contributed by atoms with Crippen LogP contribution in [0.3, 0.4) is 0 Å². The Kier molecular flexibility index (Phi) is 7.34. The number of carbonyl (C=O) groups is 2. The van der Waals surface area contributed by atoms with Gasteiger partial charge in [0.2, 0.25) is 0 Å². The highest BCUT2D eigenvalue weighted by Crippen LogP contribution is 2.17. The second-order valence-corrected chi connectivity index (χ2v) is 7.26. The average Bonchev–Trinajstić information content (AvgIpc) is 2.79. The average molecular weight is 467 g/mol. The lowest BCUT2D eigenvalue weighted by Gasteiger charge is -2.18. The summed E-state index contributed by atoms with van der Waals surface area (Å²) < 4.78 is 6.25. The molecule has 0 saturated heterocycles. The molecule has 30 heavy (non-hydrogen) atoms. The van der Waals surface area contributed by atoms with Gasteiger partial charge in [-0.15, -0.1) is 0 Å². The van der Waals surface area contributed by atoms with Crippen molar-refractivity contribution in [1.29, 1.82) is 0 Å². The minimum Gasteiger partial charge on any atom is -0.457 e. The molecule has 0 fully saturated rings. The Balaban J connectivity index is 1.75. The van der Waals surface area contributed by atoms with E-state index >= 15 is 0 Å². The maximum atomic E-state index is 12.8. The fourth-order valence-electron chi connectivity index (χ4n) is 2.76. The van der Waals surface area contributed by atoms with E-state index in [0.29, 0.717) is 16.7 Å². The van der Waals surface area contributed by atoms with E-state index in [1.165, 1.54) is 0 Å². The van der Waals surface area contributed by atoms with Gasteiger partial charge in [-0.1, -0.05) is 81.7 Å². The van der Waals surface area contributed by atoms with Crippen LogP contribution in [0.4, 0.5) is 0 Å². The molecule has 1 unspecified atom stereocenters. The van der Waals surface area contributed by atoms with E-state index in [1.807, 2.05) is 6.07 Å². The molecular weight excluding hydrogens is 448 g/mol. The number of halogens is 1. The number of esters is 1. The fraction of sp³-hybridized carbons (Fsp3) is 0.0870. The number of nitrogens with one attached hydrogen (secondary N) is 1. The van der Waals surface area contributed by atoms with E-state index in [0.717, 1.165) is 4.47 Å². The molecule has 0 aromatic heterocycles. The minimum atomic E-state index is -1.01. The Morgan fingerprint density at radius 2 is 1.50 bits per heavy atom. The van der Waals surface area contributed by atoms with Crippen LogP contribution in [0, 0.1) is 0 Å². The number of benzene rings is 3. The lowest BCUT2D eigenvalue weighted by atomic mass is 10.1. The van der Waals surface area contributed by atoms with E-state index in [2.05, 4.69) is 26.4 Å². The summed E-state index contributed by atoms with van der Waals surface area (Å²) in [5, 5.41) is 15.3. The van der Waals surface area contributed by atoms with Gasteiger partial charge in [0.15, 0.2) is 6.04 Å². The molecular formula is C23H19BrN2O4. The molecule has 3 rings (SSSR count). The van der Waals surface area contributed by atoms with Crippen molar-refractivity contribution in [2.45, 2.75) is 6.04 Å². The molecule has 7 heteroatoms. The Hall–Kier alpha value is -3.45. The number of amides is 1. The van der Waals surface area contributed by atoms with Gasteiger partial charge in [0.25, 0.3) is 5.91 Å². The smallest absolute Gasteiger partial charge is 0.333 e. The van der Waals surface area contributed by atoms with Crippen molar-refractivity contribution in [2.75, 3.05) is 6.61 Å². The lowest BCUT2D eigenvalue weighted by molar-refractivity contribution is -0.144. The fourth-order valence-corrected chi connectivity index (χ4v) is 3.03. The predicted octanol–water partition coefficient (Wildman–Crippen LogP) is 4.34. The van der Waals surface area contributed by atoms with Crippen molar-refractivity contribution in [3.05, 3.63) is 106 Å². The summed E-state index contributed by atoms with van der Waals surface area (Å²) >= 11 is 3.34. The normalized spacial score (nSPS) is 12.1. The topological polar surface area (TPSA) is 88.0 Å². The number of hydrogen-bond acceptors (Lipinski definition) is 5. The monoisotopic (exact) mass is 466 g/mol. The summed E-state index contributed by atoms with van der Waals surface area (Å²) in [7, 11) is 0. The highest BCUT2D eigenvalue weighted by atomic mass is 79.9. The first kappa shape index (κ1) is 21.3. The summed E-state index contributed by atoms with van der Waals surface area (Å²) in [4.78, 5) is 25.4. The third-order valence-corrected chi connectivity index (χ3v) is 4.86. The molecule has 152 valence electrons. The Bertz CT molecular complexity index is 1020. The van der Waals surface area contributed by atoms with Gasteiger partial charge < -0.3 is 15.3 Å². The number of carbonyl (C=O) groups excluding carboxylic acids is 2. The van der Waals surface area contributed by atoms with Crippen LogP contribution in [0.15, 0.2) is 94.6 Å². The standard InChI is InChI=1S/C23H19BrN2O4/c24-19-13-11-16(12-14-19)20(26-29)15-30-23(28)21(17-7-3-1-4-8-17)25-22(27)18-9-5-2-6-10-18/h1-14,21,29H,15H2,(H,25,27)/b26-20-. The van der Waals surface area contributed by atoms with Crippen molar-refractivity contribution < 1.29 is 19.5 Å². The van der Waals surface area contributed by atoms with Crippen molar-refractivity contribution in [3.63, 3.8) is 0 Å². The Labute approximate surface area is 182 Å². The Morgan fingerprint density at radius 1 is 0.900 bits per heavy atom. The summed E-state index contributed by atoms with van der Waals surface area (Å²) in [5.41, 5.74) is 1.81. The van der Waals surface area contributed by atoms with Crippen LogP contribution in [0.2, 0.25) is 0 Å². The van der Waals surface area contributed by atoms with Crippen molar-refractivity contribution in [1.82, 2.24) is 5.32 Å². The van der Waals surface area contributed by atoms with Crippen LogP contribution in [0.25, 0.3) is 0 Å². The van der Waals surface area contributed by atoms with Gasteiger partial charge in [-0.2, -0.15) is 0 Å². The van der Waals surface area contributed by atoms with Crippen LogP contribution in [-0.4, -0.2) is 29.4 Å². The molecule has 6 nitrogen and oxygen atoms in total. The van der Waals surface area contributed by atoms with Crippen LogP contribution >= 0.6 is 15.9 Å². The number of rotatable bonds is 7. The third kappa shape index (κ3) is 5.55. The number of hydrogen-bond donors (Lipinski definition) is 2. The van der Waals surface area contributed by atoms with Crippen LogP contribution in [0.1, 0.15) is 27.5 Å². The molecule has 2 N–H and O–H groups in total. The zero-order chi connectivity index (χ0) is 21.3. The quantitative estimate of drug-likeness (QED) is 0.234. The van der Waals surface area contributed by atoms with Crippen molar-refractivity contribution in [3.8, 4) is 0 Å². The molecule has 0 bridgehead atoms. The lowest BCUT2D eigenvalue weighted by Crippen LogP contribution is -2.35. The molecule has 0 aliphatic heterocycles. The van der Waals surface area contributed by atoms with E-state index in [1.54, 1.807) is 78.9 Å². The van der Waals surface area contributed by atoms with E-state index in [-0.39, 0.29) is 12.3 Å². The molecule has 3 aromatic carbocycles. The number of ether oxygens (including phenoxy) is 1. The highest BCUT2D eigenvalue weighted by Gasteiger charge is 2.25. The molecule has 1 atom stereocenters. The molecule has 0 radical (unpaired) electrons. The molecule has 0 aliphatic rings.